The second kappa shape index (κ2) is 6.32. The Bertz CT molecular complexity index is 962. The minimum absolute atomic E-state index is 0.119. The first-order valence-electron chi connectivity index (χ1n) is 8.67. The molecule has 1 unspecified atom stereocenters. The molecule has 0 aliphatic carbocycles. The maximum absolute atomic E-state index is 13.5. The summed E-state index contributed by atoms with van der Waals surface area (Å²) in [6.45, 7) is 1.84. The lowest BCUT2D eigenvalue weighted by molar-refractivity contribution is 0.504. The Kier molecular flexibility index (Phi) is 4.23. The van der Waals surface area contributed by atoms with Crippen LogP contribution in [0.25, 0.3) is 0 Å². The van der Waals surface area contributed by atoms with Crippen molar-refractivity contribution in [3.05, 3.63) is 53.6 Å². The molecule has 0 spiro atoms. The number of anilines is 1. The van der Waals surface area contributed by atoms with Crippen molar-refractivity contribution in [3.63, 3.8) is 0 Å². The van der Waals surface area contributed by atoms with Crippen molar-refractivity contribution in [1.29, 1.82) is 0 Å². The Balaban J connectivity index is 1.78. The molecule has 2 aliphatic heterocycles. The van der Waals surface area contributed by atoms with Gasteiger partial charge < -0.3 is 10.2 Å². The van der Waals surface area contributed by atoms with Gasteiger partial charge in [0.1, 0.15) is 0 Å². The molecule has 2 aliphatic rings. The van der Waals surface area contributed by atoms with E-state index in [2.05, 4.69) is 10.2 Å². The van der Waals surface area contributed by atoms with E-state index in [9.17, 15) is 17.2 Å². The van der Waals surface area contributed by atoms with Crippen LogP contribution in [0.1, 0.15) is 24.3 Å². The summed E-state index contributed by atoms with van der Waals surface area (Å²) < 4.78 is 52.4. The molecule has 0 radical (unpaired) electrons. The molecule has 2 aromatic rings. The van der Waals surface area contributed by atoms with Gasteiger partial charge in [0.2, 0.25) is 9.84 Å². The molecule has 2 aromatic carbocycles. The predicted molar refractivity (Wildman–Crippen MR) is 95.3 cm³/mol. The molecule has 1 fully saturated rings. The highest BCUT2D eigenvalue weighted by atomic mass is 32.2. The monoisotopic (exact) mass is 378 g/mol. The van der Waals surface area contributed by atoms with E-state index >= 15 is 0 Å². The summed E-state index contributed by atoms with van der Waals surface area (Å²) in [5, 5.41) is 3.39. The van der Waals surface area contributed by atoms with Crippen LogP contribution in [0.4, 0.5) is 14.5 Å². The smallest absolute Gasteiger partial charge is 0.206 e. The van der Waals surface area contributed by atoms with Gasteiger partial charge in [-0.05, 0) is 67.9 Å². The molecule has 26 heavy (non-hydrogen) atoms. The van der Waals surface area contributed by atoms with E-state index in [1.165, 1.54) is 0 Å². The van der Waals surface area contributed by atoms with Gasteiger partial charge in [-0.2, -0.15) is 0 Å². The van der Waals surface area contributed by atoms with Crippen molar-refractivity contribution >= 4 is 15.5 Å². The summed E-state index contributed by atoms with van der Waals surface area (Å²) in [6, 6.07) is 8.11. The van der Waals surface area contributed by atoms with Gasteiger partial charge in [0.05, 0.1) is 9.79 Å². The Morgan fingerprint density at radius 3 is 2.46 bits per heavy atom. The van der Waals surface area contributed by atoms with Crippen LogP contribution in [0, 0.1) is 11.6 Å². The highest BCUT2D eigenvalue weighted by Crippen LogP contribution is 2.44. The molecule has 4 nitrogen and oxygen atoms in total. The Hall–Kier alpha value is -1.99. The van der Waals surface area contributed by atoms with Crippen molar-refractivity contribution in [2.24, 2.45) is 0 Å². The van der Waals surface area contributed by atoms with E-state index < -0.39 is 21.5 Å². The quantitative estimate of drug-likeness (QED) is 0.816. The molecular weight excluding hydrogens is 358 g/mol. The van der Waals surface area contributed by atoms with Gasteiger partial charge in [0, 0.05) is 24.7 Å². The van der Waals surface area contributed by atoms with Gasteiger partial charge in [0.25, 0.3) is 0 Å². The second-order valence-corrected chi connectivity index (χ2v) is 8.86. The zero-order chi connectivity index (χ0) is 18.5. The maximum atomic E-state index is 13.5. The largest absolute Gasteiger partial charge is 0.371 e. The van der Waals surface area contributed by atoms with E-state index in [4.69, 9.17) is 0 Å². The van der Waals surface area contributed by atoms with E-state index in [-0.39, 0.29) is 15.7 Å². The third kappa shape index (κ3) is 2.70. The minimum Gasteiger partial charge on any atom is -0.371 e. The number of sulfone groups is 1. The maximum Gasteiger partial charge on any atom is 0.206 e. The summed E-state index contributed by atoms with van der Waals surface area (Å²) in [4.78, 5) is 2.11. The van der Waals surface area contributed by atoms with Crippen LogP contribution in [0.5, 0.6) is 0 Å². The van der Waals surface area contributed by atoms with Gasteiger partial charge in [-0.3, -0.25) is 0 Å². The molecular formula is C19H20F2N2O2S. The van der Waals surface area contributed by atoms with Crippen molar-refractivity contribution in [1.82, 2.24) is 5.32 Å². The molecule has 7 heteroatoms. The van der Waals surface area contributed by atoms with Crippen LogP contribution in [0.2, 0.25) is 0 Å². The molecule has 1 saturated heterocycles. The first kappa shape index (κ1) is 17.4. The second-order valence-electron chi connectivity index (χ2n) is 6.91. The van der Waals surface area contributed by atoms with Crippen molar-refractivity contribution < 1.29 is 17.2 Å². The summed E-state index contributed by atoms with van der Waals surface area (Å²) in [6.07, 6.45) is 1.94. The van der Waals surface area contributed by atoms with Gasteiger partial charge in [-0.25, -0.2) is 17.2 Å². The fourth-order valence-electron chi connectivity index (χ4n) is 4.13. The summed E-state index contributed by atoms with van der Waals surface area (Å²) in [7, 11) is -1.87. The van der Waals surface area contributed by atoms with E-state index in [0.717, 1.165) is 55.4 Å². The fourth-order valence-corrected chi connectivity index (χ4v) is 5.44. The van der Waals surface area contributed by atoms with Crippen molar-refractivity contribution in [3.8, 4) is 0 Å². The fraction of sp³-hybridized carbons (Fsp3) is 0.368. The first-order valence-corrected chi connectivity index (χ1v) is 10.2. The highest BCUT2D eigenvalue weighted by Gasteiger charge is 2.37. The number of hydrogen-bond acceptors (Lipinski definition) is 4. The van der Waals surface area contributed by atoms with Gasteiger partial charge in [-0.1, -0.05) is 0 Å². The molecule has 4 rings (SSSR count). The molecule has 2 heterocycles. The highest BCUT2D eigenvalue weighted by molar-refractivity contribution is 7.91. The van der Waals surface area contributed by atoms with Crippen LogP contribution in [-0.2, 0) is 9.84 Å². The lowest BCUT2D eigenvalue weighted by Gasteiger charge is -2.24. The zero-order valence-corrected chi connectivity index (χ0v) is 15.2. The normalized spacial score (nSPS) is 22.7. The summed E-state index contributed by atoms with van der Waals surface area (Å²) in [5.41, 5.74) is 2.07. The van der Waals surface area contributed by atoms with Crippen LogP contribution < -0.4 is 10.2 Å². The topological polar surface area (TPSA) is 49.4 Å². The average molecular weight is 378 g/mol. The number of nitrogens with zero attached hydrogens (tertiary/aromatic N) is 1. The number of nitrogens with one attached hydrogen (secondary N) is 1. The van der Waals surface area contributed by atoms with E-state index in [1.807, 2.05) is 13.1 Å². The Morgan fingerprint density at radius 1 is 1.00 bits per heavy atom. The molecule has 0 aromatic heterocycles. The lowest BCUT2D eigenvalue weighted by atomic mass is 9.91. The minimum atomic E-state index is -3.91. The lowest BCUT2D eigenvalue weighted by Crippen LogP contribution is -2.30. The number of hydrogen-bond donors (Lipinski definition) is 1. The van der Waals surface area contributed by atoms with E-state index in [0.29, 0.717) is 6.04 Å². The number of fused-ring (bicyclic) bond motifs is 3. The molecule has 138 valence electrons. The van der Waals surface area contributed by atoms with Gasteiger partial charge >= 0.3 is 0 Å². The number of halogens is 2. The third-order valence-electron chi connectivity index (χ3n) is 5.50. The number of likely N-dealkylation sites (N-methyl/N-ethyl adjacent to an activating group) is 1. The third-order valence-corrected chi connectivity index (χ3v) is 7.25. The number of benzene rings is 2. The summed E-state index contributed by atoms with van der Waals surface area (Å²) >= 11 is 0. The molecule has 0 amide bonds. The summed E-state index contributed by atoms with van der Waals surface area (Å²) in [5.74, 6) is -1.96. The average Bonchev–Trinajstić information content (AvgIpc) is 2.79. The zero-order valence-electron chi connectivity index (χ0n) is 14.4. The van der Waals surface area contributed by atoms with Crippen molar-refractivity contribution in [2.45, 2.75) is 34.6 Å². The number of rotatable bonds is 2. The Labute approximate surface area is 151 Å². The molecule has 0 saturated carbocycles. The van der Waals surface area contributed by atoms with Crippen LogP contribution in [0.3, 0.4) is 0 Å². The SMILES string of the molecule is CN1c2ccc(S(=O)(=O)c3ccc(F)c(F)c3)cc2[C@@H]2CCNCCC21. The Morgan fingerprint density at radius 2 is 1.69 bits per heavy atom. The molecule has 0 bridgehead atoms. The van der Waals surface area contributed by atoms with Gasteiger partial charge in [0.15, 0.2) is 11.6 Å². The molecule has 1 N–H and O–H groups in total. The van der Waals surface area contributed by atoms with Crippen LogP contribution >= 0.6 is 0 Å². The first-order chi connectivity index (χ1) is 12.4. The van der Waals surface area contributed by atoms with Crippen molar-refractivity contribution in [2.75, 3.05) is 25.0 Å². The van der Waals surface area contributed by atoms with Crippen LogP contribution in [0.15, 0.2) is 46.2 Å². The van der Waals surface area contributed by atoms with E-state index in [1.54, 1.807) is 12.1 Å². The molecule has 2 atom stereocenters. The predicted octanol–water partition coefficient (Wildman–Crippen LogP) is 3.08. The standard InChI is InChI=1S/C19H20F2N2O2S/c1-23-18-5-3-12(10-15(18)14-6-8-22-9-7-19(14)23)26(24,25)13-2-4-16(20)17(21)11-13/h2-5,10-11,14,19,22H,6-9H2,1H3/t14-,19?/m0/s1. The van der Waals surface area contributed by atoms with Gasteiger partial charge in [-0.15, -0.1) is 0 Å². The van der Waals surface area contributed by atoms with Crippen LogP contribution in [-0.4, -0.2) is 34.6 Å².